The Kier molecular flexibility index (Phi) is 2.28. The molecule has 0 saturated carbocycles. The summed E-state index contributed by atoms with van der Waals surface area (Å²) in [6, 6.07) is 13.1. The number of fused-ring (bicyclic) bond motifs is 1. The minimum absolute atomic E-state index is 0.605. The van der Waals surface area contributed by atoms with Gasteiger partial charge in [0.05, 0.1) is 0 Å². The topological polar surface area (TPSA) is 0 Å². The zero-order chi connectivity index (χ0) is 10.1. The lowest BCUT2D eigenvalue weighted by atomic mass is 10.0. The molecule has 0 fully saturated rings. The largest absolute Gasteiger partial charge is 0.0622 e. The van der Waals surface area contributed by atoms with Gasteiger partial charge in [-0.25, -0.2) is 0 Å². The van der Waals surface area contributed by atoms with Gasteiger partial charge in [0.15, 0.2) is 0 Å². The molecule has 0 nitrogen and oxygen atoms in total. The maximum atomic E-state index is 2.31. The van der Waals surface area contributed by atoms with Crippen molar-refractivity contribution in [2.24, 2.45) is 0 Å². The van der Waals surface area contributed by atoms with Crippen molar-refractivity contribution in [1.29, 1.82) is 0 Å². The van der Waals surface area contributed by atoms with E-state index in [1.807, 2.05) is 0 Å². The van der Waals surface area contributed by atoms with E-state index >= 15 is 0 Å². The molecule has 0 aliphatic heterocycles. The molecule has 0 bridgehead atoms. The van der Waals surface area contributed by atoms with Crippen LogP contribution in [0.1, 0.15) is 30.9 Å². The molecule has 0 unspecified atom stereocenters. The maximum absolute atomic E-state index is 2.31. The van der Waals surface area contributed by atoms with E-state index in [1.54, 1.807) is 0 Å². The molecular weight excluding hydrogens is 168 g/mol. The third kappa shape index (κ3) is 1.41. The fourth-order valence-electron chi connectivity index (χ4n) is 2.01. The molecule has 2 aliphatic rings. The highest BCUT2D eigenvalue weighted by Crippen LogP contribution is 2.35. The Bertz CT molecular complexity index is 413. The third-order valence-electron chi connectivity index (χ3n) is 2.77. The minimum Gasteiger partial charge on any atom is -0.0622 e. The Labute approximate surface area is 85.9 Å². The van der Waals surface area contributed by atoms with Crippen LogP contribution in [0.2, 0.25) is 0 Å². The van der Waals surface area contributed by atoms with E-state index in [-0.39, 0.29) is 0 Å². The first-order valence-electron chi connectivity index (χ1n) is 5.18. The zero-order valence-corrected chi connectivity index (χ0v) is 9.04. The number of rotatable bonds is 1. The summed E-state index contributed by atoms with van der Waals surface area (Å²) in [6.45, 7) is 6.69. The molecule has 0 aromatic carbocycles. The molecule has 72 valence electrons. The molecule has 0 atom stereocenters. The van der Waals surface area contributed by atoms with E-state index in [9.17, 15) is 0 Å². The summed E-state index contributed by atoms with van der Waals surface area (Å²) in [4.78, 5) is 0. The van der Waals surface area contributed by atoms with Crippen LogP contribution in [0.15, 0.2) is 36.4 Å². The van der Waals surface area contributed by atoms with E-state index in [0.29, 0.717) is 5.92 Å². The second kappa shape index (κ2) is 3.45. The Morgan fingerprint density at radius 1 is 0.929 bits per heavy atom. The van der Waals surface area contributed by atoms with E-state index in [1.165, 1.54) is 22.3 Å². The summed E-state index contributed by atoms with van der Waals surface area (Å²) >= 11 is 0. The average molecular weight is 184 g/mol. The van der Waals surface area contributed by atoms with E-state index < -0.39 is 0 Å². The summed E-state index contributed by atoms with van der Waals surface area (Å²) in [6.07, 6.45) is 0. The molecule has 0 aromatic heterocycles. The van der Waals surface area contributed by atoms with Crippen LogP contribution in [0.4, 0.5) is 0 Å². The number of hydrogen-bond acceptors (Lipinski definition) is 0. The van der Waals surface area contributed by atoms with Gasteiger partial charge in [0.2, 0.25) is 0 Å². The van der Waals surface area contributed by atoms with Gasteiger partial charge < -0.3 is 0 Å². The smallest absolute Gasteiger partial charge is 0.0147 e. The van der Waals surface area contributed by atoms with Crippen LogP contribution in [-0.2, 0) is 0 Å². The summed E-state index contributed by atoms with van der Waals surface area (Å²) in [5.74, 6) is 0.605. The first-order valence-corrected chi connectivity index (χ1v) is 5.18. The Morgan fingerprint density at radius 3 is 2.21 bits per heavy atom. The number of aryl methyl sites for hydroxylation is 1. The van der Waals surface area contributed by atoms with Gasteiger partial charge in [0.1, 0.15) is 0 Å². The zero-order valence-electron chi connectivity index (χ0n) is 9.04. The fraction of sp³-hybridized carbons (Fsp3) is 0.286. The Morgan fingerprint density at radius 2 is 1.57 bits per heavy atom. The van der Waals surface area contributed by atoms with Crippen molar-refractivity contribution < 1.29 is 0 Å². The fourth-order valence-corrected chi connectivity index (χ4v) is 2.01. The molecule has 0 heteroatoms. The predicted molar refractivity (Wildman–Crippen MR) is 61.9 cm³/mol. The van der Waals surface area contributed by atoms with Gasteiger partial charge in [-0.1, -0.05) is 50.2 Å². The summed E-state index contributed by atoms with van der Waals surface area (Å²) in [7, 11) is 0. The normalized spacial score (nSPS) is 11.1. The highest BCUT2D eigenvalue weighted by atomic mass is 14.2. The van der Waals surface area contributed by atoms with Crippen molar-refractivity contribution in [2.75, 3.05) is 0 Å². The second-order valence-corrected chi connectivity index (χ2v) is 4.18. The molecule has 0 saturated heterocycles. The predicted octanol–water partition coefficient (Wildman–Crippen LogP) is 4.22. The van der Waals surface area contributed by atoms with Crippen molar-refractivity contribution in [3.05, 3.63) is 47.5 Å². The lowest BCUT2D eigenvalue weighted by Crippen LogP contribution is -1.84. The monoisotopic (exact) mass is 184 g/mol. The first-order chi connectivity index (χ1) is 6.70. The van der Waals surface area contributed by atoms with Gasteiger partial charge in [-0.05, 0) is 35.1 Å². The van der Waals surface area contributed by atoms with Gasteiger partial charge in [-0.2, -0.15) is 0 Å². The molecule has 14 heavy (non-hydrogen) atoms. The molecule has 0 heterocycles. The van der Waals surface area contributed by atoms with Gasteiger partial charge in [-0.15, -0.1) is 0 Å². The van der Waals surface area contributed by atoms with Crippen molar-refractivity contribution in [3.8, 4) is 11.1 Å². The number of hydrogen-bond donors (Lipinski definition) is 0. The molecule has 0 N–H and O–H groups in total. The quantitative estimate of drug-likeness (QED) is 0.622. The third-order valence-corrected chi connectivity index (χ3v) is 2.77. The van der Waals surface area contributed by atoms with Gasteiger partial charge in [0, 0.05) is 0 Å². The van der Waals surface area contributed by atoms with Crippen LogP contribution < -0.4 is 0 Å². The lowest BCUT2D eigenvalue weighted by molar-refractivity contribution is 0.873. The van der Waals surface area contributed by atoms with Gasteiger partial charge in [-0.3, -0.25) is 0 Å². The first kappa shape index (κ1) is 9.26. The molecule has 0 spiro atoms. The highest BCUT2D eigenvalue weighted by molar-refractivity contribution is 5.74. The van der Waals surface area contributed by atoms with Crippen LogP contribution in [0.5, 0.6) is 0 Å². The summed E-state index contributed by atoms with van der Waals surface area (Å²) < 4.78 is 0. The molecule has 2 aliphatic carbocycles. The van der Waals surface area contributed by atoms with E-state index in [4.69, 9.17) is 0 Å². The Balaban J connectivity index is 2.70. The van der Waals surface area contributed by atoms with Crippen molar-refractivity contribution in [3.63, 3.8) is 0 Å². The molecule has 0 radical (unpaired) electrons. The molecule has 0 aromatic rings. The molecule has 2 rings (SSSR count). The van der Waals surface area contributed by atoms with Gasteiger partial charge >= 0.3 is 0 Å². The lowest BCUT2D eigenvalue weighted by Gasteiger charge is -2.04. The standard InChI is InChI=1S/C14H16/c1-10(2)14-9-11(3)12-7-5-4-6-8-13(12)14/h4-10H,1-3H3. The van der Waals surface area contributed by atoms with Crippen molar-refractivity contribution in [1.82, 2.24) is 0 Å². The highest BCUT2D eigenvalue weighted by Gasteiger charge is 2.13. The average Bonchev–Trinajstić information content (AvgIpc) is 2.38. The van der Waals surface area contributed by atoms with Gasteiger partial charge in [0.25, 0.3) is 0 Å². The van der Waals surface area contributed by atoms with Crippen LogP contribution in [0.25, 0.3) is 11.1 Å². The van der Waals surface area contributed by atoms with Crippen LogP contribution in [0, 0.1) is 6.92 Å². The second-order valence-electron chi connectivity index (χ2n) is 4.18. The van der Waals surface area contributed by atoms with Crippen LogP contribution >= 0.6 is 0 Å². The minimum atomic E-state index is 0.605. The van der Waals surface area contributed by atoms with Crippen LogP contribution in [0.3, 0.4) is 0 Å². The van der Waals surface area contributed by atoms with Crippen molar-refractivity contribution in [2.45, 2.75) is 26.7 Å². The summed E-state index contributed by atoms with van der Waals surface area (Å²) in [5, 5.41) is 0. The maximum Gasteiger partial charge on any atom is -0.0147 e. The molecular formula is C14H16. The Hall–Kier alpha value is -1.30. The molecule has 0 amide bonds. The van der Waals surface area contributed by atoms with Crippen LogP contribution in [-0.4, -0.2) is 0 Å². The van der Waals surface area contributed by atoms with E-state index in [2.05, 4.69) is 57.2 Å². The summed E-state index contributed by atoms with van der Waals surface area (Å²) in [5.41, 5.74) is 5.65. The van der Waals surface area contributed by atoms with Crippen molar-refractivity contribution >= 4 is 0 Å². The van der Waals surface area contributed by atoms with E-state index in [0.717, 1.165) is 0 Å². The SMILES string of the molecule is Cc1cc(C(C)C)c2cccccc1-2.